The van der Waals surface area contributed by atoms with E-state index in [1.807, 2.05) is 29.2 Å². The van der Waals surface area contributed by atoms with Crippen LogP contribution in [0.1, 0.15) is 15.9 Å². The number of carbonyl (C=O) groups excluding carboxylic acids is 1. The van der Waals surface area contributed by atoms with Gasteiger partial charge >= 0.3 is 0 Å². The Morgan fingerprint density at radius 1 is 1.14 bits per heavy atom. The monoisotopic (exact) mass is 398 g/mol. The predicted octanol–water partition coefficient (Wildman–Crippen LogP) is 1.83. The molecule has 1 amide bonds. The zero-order chi connectivity index (χ0) is 20.1. The van der Waals surface area contributed by atoms with Crippen molar-refractivity contribution in [2.24, 2.45) is 0 Å². The molecule has 1 aromatic carbocycles. The van der Waals surface area contributed by atoms with Gasteiger partial charge in [-0.1, -0.05) is 6.07 Å². The summed E-state index contributed by atoms with van der Waals surface area (Å²) in [5.74, 6) is 2.39. The molecule has 0 unspecified atom stereocenters. The molecule has 1 saturated heterocycles. The Bertz CT molecular complexity index is 835. The standard InChI is InChI=1S/C21H26N4O4/c1-27-11-6-22-20-5-3-17(13-23-20)21(26)25-9-7-24(8-10-25)14-16-2-4-18-19(12-16)29-15-28-18/h2-5,12-13H,6-11,14-15H2,1H3,(H,22,23). The summed E-state index contributed by atoms with van der Waals surface area (Å²) in [6.07, 6.45) is 1.64. The zero-order valence-corrected chi connectivity index (χ0v) is 16.6. The third-order valence-electron chi connectivity index (χ3n) is 5.13. The Labute approximate surface area is 170 Å². The summed E-state index contributed by atoms with van der Waals surface area (Å²) < 4.78 is 15.8. The molecule has 2 aromatic rings. The average molecular weight is 398 g/mol. The molecule has 1 aromatic heterocycles. The van der Waals surface area contributed by atoms with E-state index in [0.29, 0.717) is 38.6 Å². The third-order valence-corrected chi connectivity index (χ3v) is 5.13. The van der Waals surface area contributed by atoms with Crippen LogP contribution >= 0.6 is 0 Å². The summed E-state index contributed by atoms with van der Waals surface area (Å²) in [4.78, 5) is 21.3. The van der Waals surface area contributed by atoms with Crippen molar-refractivity contribution in [3.8, 4) is 11.5 Å². The van der Waals surface area contributed by atoms with Crippen LogP contribution in [0.5, 0.6) is 11.5 Å². The molecule has 0 saturated carbocycles. The van der Waals surface area contributed by atoms with Gasteiger partial charge in [0.15, 0.2) is 11.5 Å². The second-order valence-electron chi connectivity index (χ2n) is 7.11. The molecular weight excluding hydrogens is 372 g/mol. The molecular formula is C21H26N4O4. The molecule has 8 heteroatoms. The van der Waals surface area contributed by atoms with Gasteiger partial charge in [0, 0.05) is 52.6 Å². The lowest BCUT2D eigenvalue weighted by Gasteiger charge is -2.34. The minimum Gasteiger partial charge on any atom is -0.454 e. The van der Waals surface area contributed by atoms with E-state index < -0.39 is 0 Å². The van der Waals surface area contributed by atoms with E-state index in [1.165, 1.54) is 5.56 Å². The number of fused-ring (bicyclic) bond motifs is 1. The highest BCUT2D eigenvalue weighted by molar-refractivity contribution is 5.94. The van der Waals surface area contributed by atoms with Gasteiger partial charge in [0.2, 0.25) is 6.79 Å². The lowest BCUT2D eigenvalue weighted by molar-refractivity contribution is 0.0628. The fourth-order valence-corrected chi connectivity index (χ4v) is 3.50. The van der Waals surface area contributed by atoms with Gasteiger partial charge in [0.05, 0.1) is 12.2 Å². The van der Waals surface area contributed by atoms with Crippen LogP contribution in [0, 0.1) is 0 Å². The molecule has 0 atom stereocenters. The van der Waals surface area contributed by atoms with Gasteiger partial charge in [-0.3, -0.25) is 9.69 Å². The maximum absolute atomic E-state index is 12.8. The topological polar surface area (TPSA) is 76.2 Å². The van der Waals surface area contributed by atoms with Gasteiger partial charge in [0.25, 0.3) is 5.91 Å². The third kappa shape index (κ3) is 4.78. The Morgan fingerprint density at radius 3 is 2.72 bits per heavy atom. The van der Waals surface area contributed by atoms with Crippen molar-refractivity contribution < 1.29 is 19.0 Å². The molecule has 0 spiro atoms. The number of hydrogen-bond donors (Lipinski definition) is 1. The number of amides is 1. The van der Waals surface area contributed by atoms with Crippen LogP contribution in [0.25, 0.3) is 0 Å². The number of rotatable bonds is 7. The molecule has 154 valence electrons. The molecule has 29 heavy (non-hydrogen) atoms. The quantitative estimate of drug-likeness (QED) is 0.713. The largest absolute Gasteiger partial charge is 0.454 e. The second kappa shape index (κ2) is 9.11. The number of methoxy groups -OCH3 is 1. The van der Waals surface area contributed by atoms with Gasteiger partial charge < -0.3 is 24.4 Å². The Kier molecular flexibility index (Phi) is 6.12. The summed E-state index contributed by atoms with van der Waals surface area (Å²) in [7, 11) is 1.66. The summed E-state index contributed by atoms with van der Waals surface area (Å²) in [5, 5.41) is 3.15. The second-order valence-corrected chi connectivity index (χ2v) is 7.11. The average Bonchev–Trinajstić information content (AvgIpc) is 3.22. The van der Waals surface area contributed by atoms with Crippen LogP contribution in [0.15, 0.2) is 36.5 Å². The van der Waals surface area contributed by atoms with E-state index in [0.717, 1.165) is 37.0 Å². The SMILES string of the molecule is COCCNc1ccc(C(=O)N2CCN(Cc3ccc4c(c3)OCO4)CC2)cn1. The Morgan fingerprint density at radius 2 is 1.97 bits per heavy atom. The maximum atomic E-state index is 12.8. The number of nitrogens with one attached hydrogen (secondary N) is 1. The van der Waals surface area contributed by atoms with Crippen LogP contribution in [-0.2, 0) is 11.3 Å². The highest BCUT2D eigenvalue weighted by Crippen LogP contribution is 2.32. The van der Waals surface area contributed by atoms with E-state index in [9.17, 15) is 4.79 Å². The van der Waals surface area contributed by atoms with Crippen LogP contribution in [0.3, 0.4) is 0 Å². The van der Waals surface area contributed by atoms with Crippen molar-refractivity contribution in [1.29, 1.82) is 0 Å². The van der Waals surface area contributed by atoms with Gasteiger partial charge in [-0.05, 0) is 29.8 Å². The van der Waals surface area contributed by atoms with Gasteiger partial charge in [0.1, 0.15) is 5.82 Å². The Balaban J connectivity index is 1.27. The minimum atomic E-state index is 0.0312. The first-order chi connectivity index (χ1) is 14.2. The molecule has 2 aliphatic rings. The normalized spacial score (nSPS) is 16.1. The van der Waals surface area contributed by atoms with E-state index in [-0.39, 0.29) is 5.91 Å². The van der Waals surface area contributed by atoms with E-state index >= 15 is 0 Å². The highest BCUT2D eigenvalue weighted by Gasteiger charge is 2.23. The van der Waals surface area contributed by atoms with Crippen molar-refractivity contribution in [3.05, 3.63) is 47.7 Å². The zero-order valence-electron chi connectivity index (χ0n) is 16.6. The van der Waals surface area contributed by atoms with Crippen molar-refractivity contribution in [2.45, 2.75) is 6.54 Å². The molecule has 0 aliphatic carbocycles. The summed E-state index contributed by atoms with van der Waals surface area (Å²) in [6.45, 7) is 5.50. The molecule has 1 N–H and O–H groups in total. The Hall–Kier alpha value is -2.84. The number of aromatic nitrogens is 1. The van der Waals surface area contributed by atoms with Gasteiger partial charge in [-0.25, -0.2) is 4.98 Å². The van der Waals surface area contributed by atoms with Crippen LogP contribution in [-0.4, -0.2) is 73.9 Å². The van der Waals surface area contributed by atoms with Crippen LogP contribution < -0.4 is 14.8 Å². The van der Waals surface area contributed by atoms with Crippen molar-refractivity contribution in [3.63, 3.8) is 0 Å². The van der Waals surface area contributed by atoms with Crippen LogP contribution in [0.2, 0.25) is 0 Å². The minimum absolute atomic E-state index is 0.0312. The fraction of sp³-hybridized carbons (Fsp3) is 0.429. The maximum Gasteiger partial charge on any atom is 0.255 e. The van der Waals surface area contributed by atoms with Crippen molar-refractivity contribution in [1.82, 2.24) is 14.8 Å². The molecule has 4 rings (SSSR count). The van der Waals surface area contributed by atoms with Crippen molar-refractivity contribution >= 4 is 11.7 Å². The lowest BCUT2D eigenvalue weighted by atomic mass is 10.1. The summed E-state index contributed by atoms with van der Waals surface area (Å²) >= 11 is 0. The molecule has 0 bridgehead atoms. The number of anilines is 1. The van der Waals surface area contributed by atoms with Crippen molar-refractivity contribution in [2.75, 3.05) is 58.6 Å². The molecule has 1 fully saturated rings. The molecule has 8 nitrogen and oxygen atoms in total. The predicted molar refractivity (Wildman–Crippen MR) is 108 cm³/mol. The highest BCUT2D eigenvalue weighted by atomic mass is 16.7. The first kappa shape index (κ1) is 19.5. The van der Waals surface area contributed by atoms with E-state index in [2.05, 4.69) is 21.3 Å². The van der Waals surface area contributed by atoms with E-state index in [4.69, 9.17) is 14.2 Å². The number of piperazine rings is 1. The van der Waals surface area contributed by atoms with Crippen LogP contribution in [0.4, 0.5) is 5.82 Å². The first-order valence-electron chi connectivity index (χ1n) is 9.82. The summed E-state index contributed by atoms with van der Waals surface area (Å²) in [5.41, 5.74) is 1.81. The number of hydrogen-bond acceptors (Lipinski definition) is 7. The smallest absolute Gasteiger partial charge is 0.255 e. The number of nitrogens with zero attached hydrogens (tertiary/aromatic N) is 3. The lowest BCUT2D eigenvalue weighted by Crippen LogP contribution is -2.48. The molecule has 3 heterocycles. The number of carbonyl (C=O) groups is 1. The molecule has 2 aliphatic heterocycles. The number of ether oxygens (including phenoxy) is 3. The molecule has 0 radical (unpaired) electrons. The van der Waals surface area contributed by atoms with E-state index in [1.54, 1.807) is 13.3 Å². The number of pyridine rings is 1. The number of benzene rings is 1. The van der Waals surface area contributed by atoms with Gasteiger partial charge in [-0.15, -0.1) is 0 Å². The fourth-order valence-electron chi connectivity index (χ4n) is 3.50. The first-order valence-corrected chi connectivity index (χ1v) is 9.82. The summed E-state index contributed by atoms with van der Waals surface area (Å²) in [6, 6.07) is 9.72. The van der Waals surface area contributed by atoms with Gasteiger partial charge in [-0.2, -0.15) is 0 Å².